The molecular weight excluding hydrogens is 277 g/mol. The van der Waals surface area contributed by atoms with E-state index >= 15 is 0 Å². The lowest BCUT2D eigenvalue weighted by Gasteiger charge is -2.10. The van der Waals surface area contributed by atoms with Gasteiger partial charge in [0.25, 0.3) is 0 Å². The van der Waals surface area contributed by atoms with Crippen molar-refractivity contribution in [3.63, 3.8) is 0 Å². The highest BCUT2D eigenvalue weighted by atomic mass is 19.1. The molecule has 0 amide bonds. The Morgan fingerprint density at radius 2 is 2.29 bits per heavy atom. The van der Waals surface area contributed by atoms with E-state index in [0.717, 1.165) is 0 Å². The van der Waals surface area contributed by atoms with Crippen LogP contribution < -0.4 is 10.1 Å². The summed E-state index contributed by atoms with van der Waals surface area (Å²) in [5, 5.41) is 11.9. The second-order valence-electron chi connectivity index (χ2n) is 4.12. The highest BCUT2D eigenvalue weighted by Crippen LogP contribution is 2.21. The number of carbonyl (C=O) groups is 1. The summed E-state index contributed by atoms with van der Waals surface area (Å²) in [5.41, 5.74) is 0.842. The van der Waals surface area contributed by atoms with Crippen molar-refractivity contribution < 1.29 is 19.0 Å². The Hall–Kier alpha value is -2.70. The number of aromatic carboxylic acids is 1. The molecule has 0 unspecified atom stereocenters. The molecule has 2 rings (SSSR count). The Balaban J connectivity index is 2.10. The van der Waals surface area contributed by atoms with E-state index in [9.17, 15) is 9.18 Å². The third-order valence-electron chi connectivity index (χ3n) is 2.72. The number of benzene rings is 1. The number of anilines is 1. The number of nitrogens with one attached hydrogen (secondary N) is 1. The number of hydrogen-bond acceptors (Lipinski definition) is 5. The average Bonchev–Trinajstić information content (AvgIpc) is 2.48. The van der Waals surface area contributed by atoms with E-state index in [4.69, 9.17) is 9.84 Å². The van der Waals surface area contributed by atoms with Crippen molar-refractivity contribution >= 4 is 11.7 Å². The standard InChI is InChI=1S/C14H14FN3O3/c1-2-21-13-4-3-9(5-11(13)15)17-7-12-10(14(19)20)6-16-8-18-12/h3-6,8,17H,2,7H2,1H3,(H,19,20). The SMILES string of the molecule is CCOc1ccc(NCc2ncncc2C(=O)O)cc1F. The van der Waals surface area contributed by atoms with E-state index in [2.05, 4.69) is 15.3 Å². The maximum atomic E-state index is 13.7. The van der Waals surface area contributed by atoms with Crippen molar-refractivity contribution in [3.05, 3.63) is 47.8 Å². The van der Waals surface area contributed by atoms with Crippen molar-refractivity contribution in [1.29, 1.82) is 0 Å². The van der Waals surface area contributed by atoms with Gasteiger partial charge in [-0.05, 0) is 19.1 Å². The summed E-state index contributed by atoms with van der Waals surface area (Å²) in [4.78, 5) is 18.6. The van der Waals surface area contributed by atoms with E-state index < -0.39 is 11.8 Å². The molecule has 0 bridgehead atoms. The molecular formula is C14H14FN3O3. The topological polar surface area (TPSA) is 84.3 Å². The van der Waals surface area contributed by atoms with Crippen molar-refractivity contribution in [2.24, 2.45) is 0 Å². The zero-order valence-corrected chi connectivity index (χ0v) is 11.3. The van der Waals surface area contributed by atoms with Crippen LogP contribution in [-0.4, -0.2) is 27.7 Å². The molecule has 1 aromatic carbocycles. The maximum Gasteiger partial charge on any atom is 0.339 e. The average molecular weight is 291 g/mol. The van der Waals surface area contributed by atoms with Gasteiger partial charge in [-0.15, -0.1) is 0 Å². The van der Waals surface area contributed by atoms with Gasteiger partial charge in [-0.1, -0.05) is 0 Å². The summed E-state index contributed by atoms with van der Waals surface area (Å²) in [6.45, 7) is 2.30. The number of ether oxygens (including phenoxy) is 1. The Labute approximate surface area is 120 Å². The molecule has 2 N–H and O–H groups in total. The molecule has 1 heterocycles. The number of rotatable bonds is 6. The van der Waals surface area contributed by atoms with Crippen LogP contribution in [0.4, 0.5) is 10.1 Å². The van der Waals surface area contributed by atoms with Crippen LogP contribution in [0.2, 0.25) is 0 Å². The fourth-order valence-corrected chi connectivity index (χ4v) is 1.74. The highest BCUT2D eigenvalue weighted by molar-refractivity contribution is 5.88. The second-order valence-corrected chi connectivity index (χ2v) is 4.12. The molecule has 0 fully saturated rings. The molecule has 6 nitrogen and oxygen atoms in total. The van der Waals surface area contributed by atoms with E-state index in [0.29, 0.717) is 18.0 Å². The predicted molar refractivity (Wildman–Crippen MR) is 73.9 cm³/mol. The Morgan fingerprint density at radius 1 is 1.48 bits per heavy atom. The lowest BCUT2D eigenvalue weighted by Crippen LogP contribution is -2.10. The van der Waals surface area contributed by atoms with Crippen LogP contribution in [-0.2, 0) is 6.54 Å². The Kier molecular flexibility index (Phi) is 4.65. The molecule has 0 aliphatic heterocycles. The molecule has 2 aromatic rings. The normalized spacial score (nSPS) is 10.2. The number of halogens is 1. The number of carboxylic acid groups (broad SMARTS) is 1. The van der Waals surface area contributed by atoms with Crippen LogP contribution in [0.15, 0.2) is 30.7 Å². The first-order valence-corrected chi connectivity index (χ1v) is 6.30. The van der Waals surface area contributed by atoms with E-state index in [1.165, 1.54) is 24.7 Å². The largest absolute Gasteiger partial charge is 0.491 e. The van der Waals surface area contributed by atoms with Gasteiger partial charge in [0.05, 0.1) is 18.8 Å². The summed E-state index contributed by atoms with van der Waals surface area (Å²) in [7, 11) is 0. The number of hydrogen-bond donors (Lipinski definition) is 2. The zero-order valence-electron chi connectivity index (χ0n) is 11.3. The minimum Gasteiger partial charge on any atom is -0.491 e. The molecule has 110 valence electrons. The van der Waals surface area contributed by atoms with Gasteiger partial charge in [0.15, 0.2) is 11.6 Å². The highest BCUT2D eigenvalue weighted by Gasteiger charge is 2.11. The molecule has 7 heteroatoms. The molecule has 1 aromatic heterocycles. The first-order valence-electron chi connectivity index (χ1n) is 6.30. The number of aromatic nitrogens is 2. The molecule has 0 saturated heterocycles. The van der Waals surface area contributed by atoms with Gasteiger partial charge in [-0.25, -0.2) is 19.2 Å². The number of carboxylic acids is 1. The van der Waals surface area contributed by atoms with Gasteiger partial charge in [0, 0.05) is 18.0 Å². The van der Waals surface area contributed by atoms with E-state index in [1.54, 1.807) is 13.0 Å². The fourth-order valence-electron chi connectivity index (χ4n) is 1.74. The monoisotopic (exact) mass is 291 g/mol. The fraction of sp³-hybridized carbons (Fsp3) is 0.214. The number of nitrogens with zero attached hydrogens (tertiary/aromatic N) is 2. The molecule has 0 saturated carbocycles. The first-order chi connectivity index (χ1) is 10.1. The minimum atomic E-state index is -1.11. The van der Waals surface area contributed by atoms with Crippen LogP contribution in [0.1, 0.15) is 23.0 Å². The van der Waals surface area contributed by atoms with E-state index in [1.807, 2.05) is 0 Å². The molecule has 0 aliphatic rings. The lowest BCUT2D eigenvalue weighted by atomic mass is 10.2. The summed E-state index contributed by atoms with van der Waals surface area (Å²) in [5.74, 6) is -1.41. The van der Waals surface area contributed by atoms with Gasteiger partial charge in [-0.2, -0.15) is 0 Å². The molecule has 0 aliphatic carbocycles. The summed E-state index contributed by atoms with van der Waals surface area (Å²) in [6.07, 6.45) is 2.49. The summed E-state index contributed by atoms with van der Waals surface area (Å²) >= 11 is 0. The molecule has 0 atom stereocenters. The van der Waals surface area contributed by atoms with Crippen LogP contribution in [0.5, 0.6) is 5.75 Å². The van der Waals surface area contributed by atoms with Crippen molar-refractivity contribution in [2.45, 2.75) is 13.5 Å². The Morgan fingerprint density at radius 3 is 2.95 bits per heavy atom. The van der Waals surface area contributed by atoms with Crippen molar-refractivity contribution in [2.75, 3.05) is 11.9 Å². The summed E-state index contributed by atoms with van der Waals surface area (Å²) in [6, 6.07) is 4.45. The third-order valence-corrected chi connectivity index (χ3v) is 2.72. The van der Waals surface area contributed by atoms with Gasteiger partial charge in [0.2, 0.25) is 0 Å². The van der Waals surface area contributed by atoms with Gasteiger partial charge in [0.1, 0.15) is 11.9 Å². The first kappa shape index (κ1) is 14.7. The zero-order chi connectivity index (χ0) is 15.2. The molecule has 21 heavy (non-hydrogen) atoms. The molecule has 0 spiro atoms. The third kappa shape index (κ3) is 3.65. The quantitative estimate of drug-likeness (QED) is 0.849. The van der Waals surface area contributed by atoms with Gasteiger partial charge < -0.3 is 15.2 Å². The second kappa shape index (κ2) is 6.65. The lowest BCUT2D eigenvalue weighted by molar-refractivity contribution is 0.0694. The van der Waals surface area contributed by atoms with Crippen LogP contribution >= 0.6 is 0 Å². The smallest absolute Gasteiger partial charge is 0.339 e. The Bertz CT molecular complexity index is 649. The van der Waals surface area contributed by atoms with Gasteiger partial charge >= 0.3 is 5.97 Å². The van der Waals surface area contributed by atoms with Crippen LogP contribution in [0, 0.1) is 5.82 Å². The van der Waals surface area contributed by atoms with Crippen LogP contribution in [0.3, 0.4) is 0 Å². The van der Waals surface area contributed by atoms with Crippen molar-refractivity contribution in [1.82, 2.24) is 9.97 Å². The predicted octanol–water partition coefficient (Wildman–Crippen LogP) is 2.32. The maximum absolute atomic E-state index is 13.7. The van der Waals surface area contributed by atoms with Gasteiger partial charge in [-0.3, -0.25) is 0 Å². The van der Waals surface area contributed by atoms with E-state index in [-0.39, 0.29) is 17.9 Å². The molecule has 0 radical (unpaired) electrons. The van der Waals surface area contributed by atoms with Crippen LogP contribution in [0.25, 0.3) is 0 Å². The van der Waals surface area contributed by atoms with Crippen molar-refractivity contribution in [3.8, 4) is 5.75 Å². The minimum absolute atomic E-state index is 0.0106. The summed E-state index contributed by atoms with van der Waals surface area (Å²) < 4.78 is 18.8.